The summed E-state index contributed by atoms with van der Waals surface area (Å²) in [5.41, 5.74) is 1.76. The minimum absolute atomic E-state index is 0.0307. The van der Waals surface area contributed by atoms with E-state index in [4.69, 9.17) is 0 Å². The summed E-state index contributed by atoms with van der Waals surface area (Å²) in [6, 6.07) is 14.6. The Morgan fingerprint density at radius 2 is 1.96 bits per heavy atom. The zero-order valence-electron chi connectivity index (χ0n) is 12.2. The summed E-state index contributed by atoms with van der Waals surface area (Å²) in [4.78, 5) is 26.7. The number of H-pyrrole nitrogens is 1. The number of rotatable bonds is 3. The van der Waals surface area contributed by atoms with E-state index in [2.05, 4.69) is 38.0 Å². The van der Waals surface area contributed by atoms with E-state index in [9.17, 15) is 9.59 Å². The van der Waals surface area contributed by atoms with Gasteiger partial charge < -0.3 is 5.32 Å². The maximum atomic E-state index is 12.3. The Kier molecular flexibility index (Phi) is 4.28. The van der Waals surface area contributed by atoms with E-state index in [1.807, 2.05) is 31.2 Å². The van der Waals surface area contributed by atoms with Crippen molar-refractivity contribution in [1.29, 1.82) is 0 Å². The Morgan fingerprint density at radius 3 is 2.65 bits per heavy atom. The molecule has 0 unspecified atom stereocenters. The van der Waals surface area contributed by atoms with Crippen molar-refractivity contribution in [2.75, 3.05) is 5.32 Å². The van der Waals surface area contributed by atoms with Gasteiger partial charge in [0.25, 0.3) is 5.91 Å². The molecule has 116 valence electrons. The van der Waals surface area contributed by atoms with Gasteiger partial charge in [-0.15, -0.1) is 5.10 Å². The molecule has 2 aromatic carbocycles. The van der Waals surface area contributed by atoms with Crippen LogP contribution in [0.2, 0.25) is 0 Å². The van der Waals surface area contributed by atoms with Gasteiger partial charge in [-0.3, -0.25) is 9.78 Å². The van der Waals surface area contributed by atoms with E-state index in [0.717, 1.165) is 13.8 Å². The van der Waals surface area contributed by atoms with Gasteiger partial charge in [-0.2, -0.15) is 4.68 Å². The molecule has 0 spiro atoms. The number of carbonyl (C=O) groups excluding carboxylic acids is 1. The highest BCUT2D eigenvalue weighted by molar-refractivity contribution is 14.1. The Bertz CT molecular complexity index is 915. The van der Waals surface area contributed by atoms with Crippen LogP contribution in [0.4, 0.5) is 5.69 Å². The second-order valence-corrected chi connectivity index (χ2v) is 6.19. The molecular weight excluding hydrogens is 407 g/mol. The number of halogens is 1. The van der Waals surface area contributed by atoms with Crippen LogP contribution >= 0.6 is 22.6 Å². The molecule has 1 amide bonds. The van der Waals surface area contributed by atoms with Gasteiger partial charge >= 0.3 is 5.69 Å². The molecule has 0 atom stereocenters. The van der Waals surface area contributed by atoms with Crippen LogP contribution in [0.3, 0.4) is 0 Å². The summed E-state index contributed by atoms with van der Waals surface area (Å²) in [5, 5.41) is 6.82. The highest BCUT2D eigenvalue weighted by Crippen LogP contribution is 2.18. The summed E-state index contributed by atoms with van der Waals surface area (Å²) in [7, 11) is 0. The SMILES string of the molecule is Cc1cc(I)ccc1NC(=O)c1nn(-c2ccccc2)c(=O)[nH]1. The van der Waals surface area contributed by atoms with Crippen LogP contribution in [0.15, 0.2) is 53.3 Å². The van der Waals surface area contributed by atoms with Crippen LogP contribution in [0, 0.1) is 10.5 Å². The molecule has 0 saturated heterocycles. The molecule has 0 aliphatic rings. The van der Waals surface area contributed by atoms with Crippen molar-refractivity contribution in [1.82, 2.24) is 14.8 Å². The van der Waals surface area contributed by atoms with Crippen LogP contribution in [0.5, 0.6) is 0 Å². The highest BCUT2D eigenvalue weighted by Gasteiger charge is 2.15. The lowest BCUT2D eigenvalue weighted by atomic mass is 10.2. The van der Waals surface area contributed by atoms with Crippen LogP contribution in [0.25, 0.3) is 5.69 Å². The molecule has 0 saturated carbocycles. The molecule has 1 aromatic heterocycles. The van der Waals surface area contributed by atoms with Crippen LogP contribution in [-0.2, 0) is 0 Å². The summed E-state index contributed by atoms with van der Waals surface area (Å²) < 4.78 is 2.25. The maximum absolute atomic E-state index is 12.3. The normalized spacial score (nSPS) is 10.5. The largest absolute Gasteiger partial charge is 0.348 e. The molecule has 7 heteroatoms. The van der Waals surface area contributed by atoms with Crippen molar-refractivity contribution in [3.8, 4) is 5.69 Å². The fourth-order valence-corrected chi connectivity index (χ4v) is 2.77. The van der Waals surface area contributed by atoms with Gasteiger partial charge in [0.15, 0.2) is 0 Å². The number of nitrogens with one attached hydrogen (secondary N) is 2. The summed E-state index contributed by atoms with van der Waals surface area (Å²) >= 11 is 2.21. The minimum Gasteiger partial charge on any atom is -0.319 e. The van der Waals surface area contributed by atoms with Gasteiger partial charge in [0.1, 0.15) is 0 Å². The number of amides is 1. The first-order valence-corrected chi connectivity index (χ1v) is 7.95. The fraction of sp³-hybridized carbons (Fsp3) is 0.0625. The van der Waals surface area contributed by atoms with Gasteiger partial charge in [-0.05, 0) is 65.4 Å². The molecule has 0 aliphatic heterocycles. The van der Waals surface area contributed by atoms with Crippen molar-refractivity contribution < 1.29 is 4.79 Å². The molecule has 0 fully saturated rings. The number of hydrogen-bond acceptors (Lipinski definition) is 3. The number of anilines is 1. The Hall–Kier alpha value is -2.42. The van der Waals surface area contributed by atoms with Gasteiger partial charge in [-0.1, -0.05) is 18.2 Å². The average molecular weight is 420 g/mol. The lowest BCUT2D eigenvalue weighted by molar-refractivity contribution is 0.101. The number of nitrogens with zero attached hydrogens (tertiary/aromatic N) is 2. The zero-order chi connectivity index (χ0) is 16.4. The Balaban J connectivity index is 1.88. The van der Waals surface area contributed by atoms with Gasteiger partial charge in [0, 0.05) is 9.26 Å². The summed E-state index contributed by atoms with van der Waals surface area (Å²) in [6.45, 7) is 1.91. The van der Waals surface area contributed by atoms with Gasteiger partial charge in [0.2, 0.25) is 5.82 Å². The van der Waals surface area contributed by atoms with Crippen molar-refractivity contribution in [2.45, 2.75) is 6.92 Å². The summed E-state index contributed by atoms with van der Waals surface area (Å²) in [5.74, 6) is -0.488. The second-order valence-electron chi connectivity index (χ2n) is 4.94. The van der Waals surface area contributed by atoms with E-state index in [1.54, 1.807) is 24.3 Å². The molecule has 1 heterocycles. The fourth-order valence-electron chi connectivity index (χ4n) is 2.12. The molecule has 3 aromatic rings. The third-order valence-corrected chi connectivity index (χ3v) is 3.94. The smallest absolute Gasteiger partial charge is 0.319 e. The quantitative estimate of drug-likeness (QED) is 0.640. The predicted octanol–water partition coefficient (Wildman–Crippen LogP) is 2.73. The molecule has 6 nitrogen and oxygen atoms in total. The standard InChI is InChI=1S/C16H13IN4O2/c1-10-9-11(17)7-8-13(10)18-15(22)14-19-16(23)21(20-14)12-5-3-2-4-6-12/h2-9H,1H3,(H,18,22)(H,19,20,23). The van der Waals surface area contributed by atoms with Crippen LogP contribution < -0.4 is 11.0 Å². The Morgan fingerprint density at radius 1 is 1.22 bits per heavy atom. The topological polar surface area (TPSA) is 79.8 Å². The first-order valence-electron chi connectivity index (χ1n) is 6.87. The van der Waals surface area contributed by atoms with Gasteiger partial charge in [-0.25, -0.2) is 4.79 Å². The van der Waals surface area contributed by atoms with Crippen molar-refractivity contribution in [2.24, 2.45) is 0 Å². The number of aryl methyl sites for hydroxylation is 1. The van der Waals surface area contributed by atoms with Crippen molar-refractivity contribution in [3.05, 3.63) is 74.0 Å². The predicted molar refractivity (Wildman–Crippen MR) is 96.0 cm³/mol. The molecule has 0 radical (unpaired) electrons. The first-order chi connectivity index (χ1) is 11.0. The lowest BCUT2D eigenvalue weighted by Crippen LogP contribution is -2.16. The lowest BCUT2D eigenvalue weighted by Gasteiger charge is -2.06. The maximum Gasteiger partial charge on any atom is 0.348 e. The molecule has 2 N–H and O–H groups in total. The highest BCUT2D eigenvalue weighted by atomic mass is 127. The number of aromatic nitrogens is 3. The van der Waals surface area contributed by atoms with E-state index in [-0.39, 0.29) is 5.82 Å². The molecule has 23 heavy (non-hydrogen) atoms. The van der Waals surface area contributed by atoms with Crippen LogP contribution in [-0.4, -0.2) is 20.7 Å². The number of hydrogen-bond donors (Lipinski definition) is 2. The van der Waals surface area contributed by atoms with Crippen LogP contribution in [0.1, 0.15) is 16.2 Å². The number of benzene rings is 2. The molecule has 0 bridgehead atoms. The van der Waals surface area contributed by atoms with Crippen molar-refractivity contribution in [3.63, 3.8) is 0 Å². The number of aromatic amines is 1. The monoisotopic (exact) mass is 420 g/mol. The van der Waals surface area contributed by atoms with E-state index < -0.39 is 11.6 Å². The average Bonchev–Trinajstić information content (AvgIpc) is 2.93. The molecule has 3 rings (SSSR count). The number of para-hydroxylation sites is 1. The molecular formula is C16H13IN4O2. The second kappa shape index (κ2) is 6.37. The summed E-state index contributed by atoms with van der Waals surface area (Å²) in [6.07, 6.45) is 0. The zero-order valence-corrected chi connectivity index (χ0v) is 14.4. The van der Waals surface area contributed by atoms with E-state index in [0.29, 0.717) is 11.4 Å². The Labute approximate surface area is 145 Å². The number of carbonyl (C=O) groups is 1. The van der Waals surface area contributed by atoms with E-state index >= 15 is 0 Å². The van der Waals surface area contributed by atoms with Gasteiger partial charge in [0.05, 0.1) is 5.69 Å². The molecule has 0 aliphatic carbocycles. The third kappa shape index (κ3) is 3.34. The first kappa shape index (κ1) is 15.5. The van der Waals surface area contributed by atoms with Crippen molar-refractivity contribution >= 4 is 34.2 Å². The third-order valence-electron chi connectivity index (χ3n) is 3.27. The minimum atomic E-state index is -0.458. The van der Waals surface area contributed by atoms with E-state index in [1.165, 1.54) is 0 Å².